The molecule has 3 rings (SSSR count). The maximum atomic E-state index is 13.4. The summed E-state index contributed by atoms with van der Waals surface area (Å²) in [4.78, 5) is 32.1. The summed E-state index contributed by atoms with van der Waals surface area (Å²) in [5.74, 6) is -0.251. The second-order valence-corrected chi connectivity index (χ2v) is 11.9. The van der Waals surface area contributed by atoms with Crippen molar-refractivity contribution in [2.45, 2.75) is 45.8 Å². The summed E-state index contributed by atoms with van der Waals surface area (Å²) in [6.45, 7) is 9.70. The van der Waals surface area contributed by atoms with Crippen LogP contribution in [0.2, 0.25) is 0 Å². The van der Waals surface area contributed by atoms with Gasteiger partial charge in [-0.15, -0.1) is 6.58 Å². The number of amides is 1. The molecule has 37 heavy (non-hydrogen) atoms. The Hall–Kier alpha value is -2.92. The summed E-state index contributed by atoms with van der Waals surface area (Å²) in [5.41, 5.74) is 3.29. The maximum Gasteiger partial charge on any atom is 0.411 e. The summed E-state index contributed by atoms with van der Waals surface area (Å²) < 4.78 is 10.7. The van der Waals surface area contributed by atoms with Crippen molar-refractivity contribution in [1.82, 2.24) is 15.2 Å². The van der Waals surface area contributed by atoms with Crippen molar-refractivity contribution < 1.29 is 14.3 Å². The lowest BCUT2D eigenvalue weighted by Gasteiger charge is -2.32. The predicted molar refractivity (Wildman–Crippen MR) is 162 cm³/mol. The number of Topliss-reactive ketones (excluding diaryl/α,β-unsaturated/α-hetero) is 1. The molecule has 2 N–H and O–H groups in total. The van der Waals surface area contributed by atoms with Gasteiger partial charge >= 0.3 is 6.09 Å². The summed E-state index contributed by atoms with van der Waals surface area (Å²) in [5, 5.41) is 6.61. The Balaban J connectivity index is 1.89. The van der Waals surface area contributed by atoms with E-state index in [1.165, 1.54) is 4.90 Å². The van der Waals surface area contributed by atoms with Crippen LogP contribution in [-0.4, -0.2) is 50.0 Å². The number of benzene rings is 1. The van der Waals surface area contributed by atoms with Gasteiger partial charge in [0.1, 0.15) is 10.6 Å². The van der Waals surface area contributed by atoms with Crippen LogP contribution in [-0.2, 0) is 22.5 Å². The van der Waals surface area contributed by atoms with Gasteiger partial charge in [-0.05, 0) is 62.9 Å². The number of carbonyl (C=O) groups is 2. The zero-order valence-corrected chi connectivity index (χ0v) is 24.4. The number of aryl methyl sites for hydroxylation is 1. The van der Waals surface area contributed by atoms with E-state index in [-0.39, 0.29) is 18.9 Å². The van der Waals surface area contributed by atoms with Gasteiger partial charge in [0.15, 0.2) is 5.78 Å². The normalized spacial score (nSPS) is 13.8. The van der Waals surface area contributed by atoms with E-state index in [9.17, 15) is 9.59 Å². The third-order valence-electron chi connectivity index (χ3n) is 5.46. The molecule has 1 aromatic heterocycles. The van der Waals surface area contributed by atoms with Crippen molar-refractivity contribution in [2.24, 2.45) is 0 Å². The topological polar surface area (TPSA) is 83.6 Å². The molecule has 1 amide bonds. The first-order valence-corrected chi connectivity index (χ1v) is 14.9. The molecule has 0 saturated carbocycles. The van der Waals surface area contributed by atoms with E-state index >= 15 is 0 Å². The molecular formula is C28H33IN4O3S. The molecule has 9 heteroatoms. The van der Waals surface area contributed by atoms with E-state index in [2.05, 4.69) is 26.7 Å². The third-order valence-corrected chi connectivity index (χ3v) is 7.56. The number of nitrogens with zero attached hydrogens (tertiary/aromatic N) is 2. The number of carbonyl (C=O) groups excluding carboxylic acids is 2. The zero-order valence-electron chi connectivity index (χ0n) is 21.5. The van der Waals surface area contributed by atoms with E-state index in [0.717, 1.165) is 33.2 Å². The Bertz CT molecular complexity index is 1240. The van der Waals surface area contributed by atoms with Crippen molar-refractivity contribution in [3.05, 3.63) is 81.3 Å². The molecule has 0 bridgehead atoms. The number of thiocarbonyl (C=S) groups is 1. The molecule has 0 aliphatic carbocycles. The van der Waals surface area contributed by atoms with Crippen molar-refractivity contribution in [2.75, 3.05) is 18.4 Å². The number of ether oxygens (including phenoxy) is 1. The average molecular weight is 633 g/mol. The van der Waals surface area contributed by atoms with Crippen LogP contribution in [0.5, 0.6) is 0 Å². The number of anilines is 1. The largest absolute Gasteiger partial charge is 0.444 e. The highest BCUT2D eigenvalue weighted by molar-refractivity contribution is 14.2. The molecule has 2 aromatic rings. The SMILES string of the molecule is C=CCCc1cccc(NC(=S)C2=C(NCc3ccncc3I=C)CN(C(=O)OC(C)(C)C)CC2=O)c1. The van der Waals surface area contributed by atoms with Crippen molar-refractivity contribution >= 4 is 60.0 Å². The first-order chi connectivity index (χ1) is 17.6. The monoisotopic (exact) mass is 632 g/mol. The predicted octanol–water partition coefficient (Wildman–Crippen LogP) is 5.38. The molecule has 1 aromatic carbocycles. The number of halogens is 1. The number of allylic oxidation sites excluding steroid dienone is 1. The number of hydrogen-bond acceptors (Lipinski definition) is 6. The standard InChI is InChI=1S/C28H33IN4O3S/c1-6-7-9-19-10-8-11-21(14-19)32-26(37)25-23(31-15-20-12-13-30-16-22(20)29-5)17-33(18-24(25)34)27(35)36-28(2,3)4/h6,8,10-14,16,31H,1,5,7,9,15,17-18H2,2-4H3,(H,32,37). The Labute approximate surface area is 234 Å². The van der Waals surface area contributed by atoms with E-state index in [0.29, 0.717) is 22.8 Å². The van der Waals surface area contributed by atoms with Crippen LogP contribution in [0.1, 0.15) is 38.3 Å². The lowest BCUT2D eigenvalue weighted by molar-refractivity contribution is -0.116. The minimum absolute atomic E-state index is 0.110. The third kappa shape index (κ3) is 8.29. The van der Waals surface area contributed by atoms with Crippen LogP contribution in [0.3, 0.4) is 0 Å². The van der Waals surface area contributed by atoms with Crippen molar-refractivity contribution in [3.8, 4) is 0 Å². The van der Waals surface area contributed by atoms with Gasteiger partial charge in [0.25, 0.3) is 0 Å². The van der Waals surface area contributed by atoms with Gasteiger partial charge in [-0.2, -0.15) is 0 Å². The fourth-order valence-electron chi connectivity index (χ4n) is 3.75. The fourth-order valence-corrected chi connectivity index (χ4v) is 5.32. The highest BCUT2D eigenvalue weighted by Crippen LogP contribution is 2.22. The molecule has 1 aliphatic rings. The highest BCUT2D eigenvalue weighted by Gasteiger charge is 2.33. The lowest BCUT2D eigenvalue weighted by Crippen LogP contribution is -2.48. The first-order valence-electron chi connectivity index (χ1n) is 11.9. The van der Waals surface area contributed by atoms with E-state index in [1.807, 2.05) is 42.6 Å². The molecule has 1 aliphatic heterocycles. The second-order valence-electron chi connectivity index (χ2n) is 9.55. The quantitative estimate of drug-likeness (QED) is 0.219. The minimum Gasteiger partial charge on any atom is -0.444 e. The molecule has 2 heterocycles. The van der Waals surface area contributed by atoms with Gasteiger partial charge in [-0.3, -0.25) is 14.7 Å². The van der Waals surface area contributed by atoms with Crippen LogP contribution in [0, 0.1) is 3.57 Å². The number of aromatic nitrogens is 1. The van der Waals surface area contributed by atoms with Crippen molar-refractivity contribution in [3.63, 3.8) is 0 Å². The van der Waals surface area contributed by atoms with Crippen LogP contribution in [0.4, 0.5) is 10.5 Å². The average Bonchev–Trinajstić information content (AvgIpc) is 2.85. The second kappa shape index (κ2) is 13.0. The molecule has 0 fully saturated rings. The zero-order chi connectivity index (χ0) is 27.0. The van der Waals surface area contributed by atoms with Crippen LogP contribution in [0.25, 0.3) is 0 Å². The number of pyridine rings is 1. The first kappa shape index (κ1) is 28.6. The summed E-state index contributed by atoms with van der Waals surface area (Å²) >= 11 is 5.30. The molecule has 0 spiro atoms. The summed E-state index contributed by atoms with van der Waals surface area (Å²) in [7, 11) is 0. The van der Waals surface area contributed by atoms with E-state index in [4.69, 9.17) is 17.0 Å². The molecule has 7 nitrogen and oxygen atoms in total. The minimum atomic E-state index is -0.672. The van der Waals surface area contributed by atoms with E-state index in [1.54, 1.807) is 27.0 Å². The molecular weight excluding hydrogens is 599 g/mol. The number of hydrogen-bond donors (Lipinski definition) is 2. The van der Waals surface area contributed by atoms with Gasteiger partial charge in [0.05, 0.1) is 18.7 Å². The lowest BCUT2D eigenvalue weighted by atomic mass is 10.0. The van der Waals surface area contributed by atoms with Crippen LogP contribution >= 0.6 is 32.9 Å². The maximum absolute atomic E-state index is 13.4. The van der Waals surface area contributed by atoms with Crippen LogP contribution in [0.15, 0.2) is 66.7 Å². The molecule has 0 saturated heterocycles. The van der Waals surface area contributed by atoms with E-state index < -0.39 is 32.4 Å². The Morgan fingerprint density at radius 3 is 2.78 bits per heavy atom. The van der Waals surface area contributed by atoms with Gasteiger partial charge in [0.2, 0.25) is 0 Å². The molecule has 0 atom stereocenters. The highest BCUT2D eigenvalue weighted by atomic mass is 127. The van der Waals surface area contributed by atoms with Gasteiger partial charge in [-0.1, -0.05) is 55.7 Å². The molecule has 0 radical (unpaired) electrons. The molecule has 0 unspecified atom stereocenters. The summed E-state index contributed by atoms with van der Waals surface area (Å²) in [6, 6.07) is 9.88. The number of ketones is 1. The van der Waals surface area contributed by atoms with Crippen molar-refractivity contribution in [1.29, 1.82) is 0 Å². The van der Waals surface area contributed by atoms with Gasteiger partial charge < -0.3 is 15.4 Å². The fraction of sp³-hybridized carbons (Fsp3) is 0.321. The van der Waals surface area contributed by atoms with Crippen LogP contribution < -0.4 is 10.6 Å². The Morgan fingerprint density at radius 2 is 2.08 bits per heavy atom. The molecule has 196 valence electrons. The number of rotatable bonds is 9. The summed E-state index contributed by atoms with van der Waals surface area (Å²) in [6.07, 6.45) is 6.65. The van der Waals surface area contributed by atoms with Gasteiger partial charge in [0, 0.05) is 33.9 Å². The Kier molecular flexibility index (Phi) is 10.1. The number of nitrogens with one attached hydrogen (secondary N) is 2. The van der Waals surface area contributed by atoms with Gasteiger partial charge in [-0.25, -0.2) is 4.79 Å². The Morgan fingerprint density at radius 1 is 1.30 bits per heavy atom. The smallest absolute Gasteiger partial charge is 0.411 e.